The molecule has 0 spiro atoms. The Morgan fingerprint density at radius 2 is 1.79 bits per heavy atom. The van der Waals surface area contributed by atoms with Crippen LogP contribution in [0.25, 0.3) is 11.0 Å². The smallest absolute Gasteiger partial charge is 0.416 e. The fourth-order valence-corrected chi connectivity index (χ4v) is 9.74. The van der Waals surface area contributed by atoms with Gasteiger partial charge in [-0.3, -0.25) is 13.9 Å². The number of nitrogens with zero attached hydrogens (tertiary/aromatic N) is 3. The molecule has 10 nitrogen and oxygen atoms in total. The number of nitrogens with one attached hydrogen (secondary N) is 1. The van der Waals surface area contributed by atoms with Gasteiger partial charge in [0.2, 0.25) is 5.91 Å². The molecule has 1 aliphatic heterocycles. The third-order valence-corrected chi connectivity index (χ3v) is 13.7. The van der Waals surface area contributed by atoms with E-state index in [1.54, 1.807) is 30.3 Å². The lowest BCUT2D eigenvalue weighted by molar-refractivity contribution is -0.148. The number of anilines is 2. The number of fused-ring (bicyclic) bond motifs is 1. The largest absolute Gasteiger partial charge is 0.481 e. The number of sulfonamides is 1. The molecule has 4 aromatic rings. The summed E-state index contributed by atoms with van der Waals surface area (Å²) in [6, 6.07) is 12.8. The molecule has 3 aromatic carbocycles. The predicted molar refractivity (Wildman–Crippen MR) is 194 cm³/mol. The van der Waals surface area contributed by atoms with Gasteiger partial charge >= 0.3 is 12.1 Å². The number of imidazole rings is 1. The number of benzene rings is 3. The molecule has 0 radical (unpaired) electrons. The van der Waals surface area contributed by atoms with Gasteiger partial charge in [0.1, 0.15) is 16.0 Å². The molecule has 2 heterocycles. The van der Waals surface area contributed by atoms with Gasteiger partial charge in [0, 0.05) is 19.5 Å². The average Bonchev–Trinajstić information content (AvgIpc) is 3.37. The van der Waals surface area contributed by atoms with Crippen LogP contribution in [-0.2, 0) is 37.6 Å². The molecule has 1 amide bonds. The van der Waals surface area contributed by atoms with Crippen LogP contribution >= 0.6 is 15.9 Å². The Bertz CT molecular complexity index is 2170. The number of hydrogen-bond acceptors (Lipinski definition) is 6. The second-order valence-electron chi connectivity index (χ2n) is 14.5. The van der Waals surface area contributed by atoms with Gasteiger partial charge in [-0.2, -0.15) is 13.2 Å². The Balaban J connectivity index is 1.31. The molecule has 6 rings (SSSR count). The van der Waals surface area contributed by atoms with Crippen molar-refractivity contribution in [2.75, 3.05) is 29.9 Å². The van der Waals surface area contributed by atoms with Gasteiger partial charge in [0.15, 0.2) is 0 Å². The maximum atomic E-state index is 14.9. The van der Waals surface area contributed by atoms with Crippen LogP contribution in [0.2, 0.25) is 0 Å². The summed E-state index contributed by atoms with van der Waals surface area (Å²) >= 11 is 3.48. The van der Waals surface area contributed by atoms with Crippen molar-refractivity contribution < 1.29 is 45.4 Å². The number of alkyl halides is 4. The van der Waals surface area contributed by atoms with E-state index in [1.165, 1.54) is 19.2 Å². The molecule has 2 fully saturated rings. The Morgan fingerprint density at radius 1 is 1.11 bits per heavy atom. The number of ether oxygens (including phenoxy) is 1. The summed E-state index contributed by atoms with van der Waals surface area (Å²) in [5.74, 6) is -5.14. The van der Waals surface area contributed by atoms with E-state index in [4.69, 9.17) is 4.74 Å². The molecule has 4 atom stereocenters. The molecule has 284 valence electrons. The van der Waals surface area contributed by atoms with Gasteiger partial charge in [0.05, 0.1) is 52.0 Å². The second-order valence-corrected chi connectivity index (χ2v) is 17.9. The minimum Gasteiger partial charge on any atom is -0.481 e. The maximum Gasteiger partial charge on any atom is 0.416 e. The highest BCUT2D eigenvalue weighted by atomic mass is 79.9. The molecule has 1 saturated carbocycles. The van der Waals surface area contributed by atoms with Crippen molar-refractivity contribution in [2.24, 2.45) is 24.3 Å². The van der Waals surface area contributed by atoms with Crippen molar-refractivity contribution in [3.8, 4) is 0 Å². The van der Waals surface area contributed by atoms with E-state index in [-0.39, 0.29) is 28.7 Å². The van der Waals surface area contributed by atoms with Crippen molar-refractivity contribution in [1.29, 1.82) is 0 Å². The molecule has 2 N–H and O–H groups in total. The predicted octanol–water partition coefficient (Wildman–Crippen LogP) is 7.65. The molecule has 1 unspecified atom stereocenters. The number of aryl methyl sites for hydroxylation is 2. The number of carboxylic acid groups (broad SMARTS) is 1. The van der Waals surface area contributed by atoms with Crippen LogP contribution in [-0.4, -0.2) is 59.5 Å². The van der Waals surface area contributed by atoms with Gasteiger partial charge in [0.25, 0.3) is 10.0 Å². The summed E-state index contributed by atoms with van der Waals surface area (Å²) in [5, 5.41) is 13.0. The van der Waals surface area contributed by atoms with Crippen LogP contribution in [0, 0.1) is 30.0 Å². The van der Waals surface area contributed by atoms with E-state index >= 15 is 0 Å². The van der Waals surface area contributed by atoms with Gasteiger partial charge < -0.3 is 19.7 Å². The molecule has 1 aromatic heterocycles. The lowest BCUT2D eigenvalue weighted by Gasteiger charge is -2.46. The summed E-state index contributed by atoms with van der Waals surface area (Å²) < 4.78 is 88.4. The van der Waals surface area contributed by atoms with Crippen LogP contribution in [0.5, 0.6) is 0 Å². The van der Waals surface area contributed by atoms with E-state index in [0.717, 1.165) is 28.1 Å². The molecular formula is C37H39BrF4N4O6S. The van der Waals surface area contributed by atoms with Gasteiger partial charge in [-0.1, -0.05) is 35.0 Å². The van der Waals surface area contributed by atoms with Crippen molar-refractivity contribution in [3.05, 3.63) is 83.4 Å². The summed E-state index contributed by atoms with van der Waals surface area (Å²) in [6.07, 6.45) is -3.00. The normalized spacial score (nSPS) is 23.0. The van der Waals surface area contributed by atoms with E-state index in [1.807, 2.05) is 18.5 Å². The fourth-order valence-electron chi connectivity index (χ4n) is 7.45. The molecular weight excluding hydrogens is 784 g/mol. The molecule has 1 aliphatic carbocycles. The molecule has 53 heavy (non-hydrogen) atoms. The van der Waals surface area contributed by atoms with Crippen LogP contribution in [0.15, 0.2) is 65.6 Å². The fraction of sp³-hybridized carbons (Fsp3) is 0.432. The minimum absolute atomic E-state index is 0.0425. The Labute approximate surface area is 312 Å². The number of hydrogen-bond donors (Lipinski definition) is 2. The average molecular weight is 824 g/mol. The van der Waals surface area contributed by atoms with E-state index in [2.05, 4.69) is 33.2 Å². The lowest BCUT2D eigenvalue weighted by atomic mass is 9.63. The van der Waals surface area contributed by atoms with Gasteiger partial charge in [-0.05, 0) is 98.5 Å². The monoisotopic (exact) mass is 822 g/mol. The van der Waals surface area contributed by atoms with Crippen molar-refractivity contribution in [2.45, 2.75) is 60.8 Å². The number of halogens is 5. The quantitative estimate of drug-likeness (QED) is 0.124. The van der Waals surface area contributed by atoms with E-state index < -0.39 is 61.3 Å². The van der Waals surface area contributed by atoms with Crippen LogP contribution in [0.3, 0.4) is 0 Å². The zero-order chi connectivity index (χ0) is 38.7. The maximum absolute atomic E-state index is 14.9. The molecule has 16 heteroatoms. The van der Waals surface area contributed by atoms with Crippen LogP contribution < -0.4 is 9.62 Å². The summed E-state index contributed by atoms with van der Waals surface area (Å²) in [7, 11) is -0.775. The number of amides is 1. The molecule has 1 saturated heterocycles. The third kappa shape index (κ3) is 7.41. The number of aliphatic carboxylic acids is 1. The summed E-state index contributed by atoms with van der Waals surface area (Å²) in [4.78, 5) is 31.6. The molecule has 0 bridgehead atoms. The zero-order valence-corrected chi connectivity index (χ0v) is 31.8. The van der Waals surface area contributed by atoms with E-state index in [0.29, 0.717) is 48.9 Å². The second kappa shape index (κ2) is 14.0. The summed E-state index contributed by atoms with van der Waals surface area (Å²) in [6.45, 7) is 5.04. The number of rotatable bonds is 10. The number of carbonyl (C=O) groups is 2. The van der Waals surface area contributed by atoms with Gasteiger partial charge in [-0.25, -0.2) is 17.8 Å². The SMILES string of the molecule is Cc1nc2cc(S(=O)(=O)N(C)c3ccc(C4C[C@H](CCC5(C)COC5)C[C@@](Br)(C(=O)Nc5ccc(C(F)(F)F)cc5F)[C@H]4C(=O)O)cc3)ccc2n1C. The van der Waals surface area contributed by atoms with Gasteiger partial charge in [-0.15, -0.1) is 0 Å². The Morgan fingerprint density at radius 3 is 2.38 bits per heavy atom. The number of aromatic nitrogens is 2. The van der Waals surface area contributed by atoms with Crippen LogP contribution in [0.4, 0.5) is 28.9 Å². The molecule has 2 aliphatic rings. The topological polar surface area (TPSA) is 131 Å². The Hall–Kier alpha value is -4.02. The first-order chi connectivity index (χ1) is 24.7. The first-order valence-electron chi connectivity index (χ1n) is 16.9. The van der Waals surface area contributed by atoms with Crippen molar-refractivity contribution in [3.63, 3.8) is 0 Å². The zero-order valence-electron chi connectivity index (χ0n) is 29.4. The standard InChI is InChI=1S/C37H39BrF4N4O6S/c1-21-43-30-17-26(10-12-31(30)45(21)3)53(50,51)46(4)25-8-5-23(6-9-25)27-15-22(13-14-35(2)19-52-20-35)18-36(38,32(27)33(47)48)34(49)44-29-11-7-24(16-28(29)39)37(40,41)42/h5-12,16-17,22,27,32H,13-15,18-20H2,1-4H3,(H,44,49)(H,47,48)/t22-,27?,32+,36-/m0/s1. The van der Waals surface area contributed by atoms with Crippen molar-refractivity contribution in [1.82, 2.24) is 9.55 Å². The van der Waals surface area contributed by atoms with E-state index in [9.17, 15) is 40.7 Å². The lowest BCUT2D eigenvalue weighted by Crippen LogP contribution is -2.54. The number of carboxylic acids is 1. The third-order valence-electron chi connectivity index (χ3n) is 10.7. The highest BCUT2D eigenvalue weighted by molar-refractivity contribution is 9.10. The highest BCUT2D eigenvalue weighted by Crippen LogP contribution is 2.53. The first kappa shape index (κ1) is 38.7. The summed E-state index contributed by atoms with van der Waals surface area (Å²) in [5.41, 5.74) is 0.336. The Kier molecular flexibility index (Phi) is 10.2. The highest BCUT2D eigenvalue weighted by Gasteiger charge is 2.56. The number of carbonyl (C=O) groups excluding carboxylic acids is 1. The minimum atomic E-state index is -4.80. The first-order valence-corrected chi connectivity index (χ1v) is 19.2. The van der Waals surface area contributed by atoms with Crippen LogP contribution in [0.1, 0.15) is 55.5 Å². The van der Waals surface area contributed by atoms with Crippen molar-refractivity contribution >= 4 is 60.2 Å².